The van der Waals surface area contributed by atoms with E-state index in [-0.39, 0.29) is 11.9 Å². The van der Waals surface area contributed by atoms with E-state index in [9.17, 15) is 4.79 Å². The Labute approximate surface area is 175 Å². The van der Waals surface area contributed by atoms with Crippen molar-refractivity contribution in [2.75, 3.05) is 26.6 Å². The van der Waals surface area contributed by atoms with Gasteiger partial charge in [0.2, 0.25) is 0 Å². The number of carbonyl (C=O) groups excluding carboxylic acids is 1. The number of anilines is 1. The van der Waals surface area contributed by atoms with Crippen molar-refractivity contribution in [1.29, 1.82) is 0 Å². The second kappa shape index (κ2) is 8.57. The molecule has 0 aliphatic heterocycles. The zero-order chi connectivity index (χ0) is 21.1. The highest BCUT2D eigenvalue weighted by Gasteiger charge is 2.33. The molecule has 1 aromatic heterocycles. The van der Waals surface area contributed by atoms with Crippen molar-refractivity contribution >= 4 is 22.7 Å². The molecule has 0 saturated heterocycles. The number of aromatic nitrogens is 2. The lowest BCUT2D eigenvalue weighted by atomic mass is 9.80. The Hall–Kier alpha value is -3.35. The van der Waals surface area contributed by atoms with Crippen LogP contribution in [0.25, 0.3) is 10.9 Å². The topological polar surface area (TPSA) is 82.6 Å². The van der Waals surface area contributed by atoms with E-state index in [2.05, 4.69) is 33.5 Å². The van der Waals surface area contributed by atoms with Crippen LogP contribution >= 0.6 is 0 Å². The summed E-state index contributed by atoms with van der Waals surface area (Å²) in [7, 11) is 4.58. The van der Waals surface area contributed by atoms with Gasteiger partial charge in [-0.3, -0.25) is 0 Å². The minimum Gasteiger partial charge on any atom is -0.493 e. The van der Waals surface area contributed by atoms with Gasteiger partial charge in [0.25, 0.3) is 0 Å². The standard InChI is InChI=1S/C23H25N3O4/c1-28-19-11-17-18(12-20(19)29-2)24-13-25-22(17)26-21(23(27)30-3)16-9-8-14-6-4-5-7-15(14)10-16/h4-7,11-13,16,21H,8-10H2,1-3H3,(H,24,25,26). The SMILES string of the molecule is COC(=O)C(Nc1ncnc2cc(OC)c(OC)cc12)C1CCc2ccccc2C1. The molecular formula is C23H25N3O4. The average Bonchev–Trinajstić information content (AvgIpc) is 2.80. The normalized spacial score (nSPS) is 16.4. The van der Waals surface area contributed by atoms with Gasteiger partial charge in [-0.25, -0.2) is 14.8 Å². The molecule has 3 aromatic rings. The van der Waals surface area contributed by atoms with Gasteiger partial charge in [0, 0.05) is 11.5 Å². The van der Waals surface area contributed by atoms with Crippen LogP contribution in [-0.2, 0) is 22.4 Å². The third kappa shape index (κ3) is 3.75. The van der Waals surface area contributed by atoms with Gasteiger partial charge in [-0.2, -0.15) is 0 Å². The summed E-state index contributed by atoms with van der Waals surface area (Å²) in [5.41, 5.74) is 3.33. The van der Waals surface area contributed by atoms with Gasteiger partial charge in [0.1, 0.15) is 18.2 Å². The lowest BCUT2D eigenvalue weighted by Crippen LogP contribution is -2.40. The van der Waals surface area contributed by atoms with Gasteiger partial charge in [-0.15, -0.1) is 0 Å². The van der Waals surface area contributed by atoms with Crippen molar-refractivity contribution in [3.05, 3.63) is 53.9 Å². The highest BCUT2D eigenvalue weighted by molar-refractivity contribution is 5.93. The van der Waals surface area contributed by atoms with E-state index in [4.69, 9.17) is 14.2 Å². The van der Waals surface area contributed by atoms with Crippen molar-refractivity contribution in [2.45, 2.75) is 25.3 Å². The van der Waals surface area contributed by atoms with Crippen LogP contribution in [0.3, 0.4) is 0 Å². The van der Waals surface area contributed by atoms with Gasteiger partial charge in [-0.05, 0) is 42.4 Å². The fourth-order valence-electron chi connectivity index (χ4n) is 4.15. The van der Waals surface area contributed by atoms with Crippen molar-refractivity contribution in [3.8, 4) is 11.5 Å². The monoisotopic (exact) mass is 407 g/mol. The van der Waals surface area contributed by atoms with Crippen molar-refractivity contribution in [2.24, 2.45) is 5.92 Å². The predicted molar refractivity (Wildman–Crippen MR) is 114 cm³/mol. The van der Waals surface area contributed by atoms with E-state index in [1.54, 1.807) is 20.3 Å². The number of hydrogen-bond acceptors (Lipinski definition) is 7. The molecule has 4 rings (SSSR count). The van der Waals surface area contributed by atoms with Gasteiger partial charge in [0.05, 0.1) is 26.8 Å². The molecule has 0 fully saturated rings. The fraction of sp³-hybridized carbons (Fsp3) is 0.348. The summed E-state index contributed by atoms with van der Waals surface area (Å²) in [6.07, 6.45) is 4.11. The molecule has 1 aliphatic rings. The first-order valence-corrected chi connectivity index (χ1v) is 9.92. The summed E-state index contributed by atoms with van der Waals surface area (Å²) in [6, 6.07) is 11.5. The van der Waals surface area contributed by atoms with Crippen LogP contribution < -0.4 is 14.8 Å². The van der Waals surface area contributed by atoms with E-state index >= 15 is 0 Å². The van der Waals surface area contributed by atoms with Crippen LogP contribution in [0, 0.1) is 5.92 Å². The zero-order valence-electron chi connectivity index (χ0n) is 17.3. The average molecular weight is 407 g/mol. The first-order chi connectivity index (χ1) is 14.6. The molecule has 0 bridgehead atoms. The Bertz CT molecular complexity index is 1070. The number of fused-ring (bicyclic) bond motifs is 2. The van der Waals surface area contributed by atoms with E-state index < -0.39 is 6.04 Å². The number of aryl methyl sites for hydroxylation is 1. The molecule has 30 heavy (non-hydrogen) atoms. The maximum atomic E-state index is 12.7. The Morgan fingerprint density at radius 2 is 1.80 bits per heavy atom. The van der Waals surface area contributed by atoms with Crippen molar-refractivity contribution < 1.29 is 19.0 Å². The number of methoxy groups -OCH3 is 3. The van der Waals surface area contributed by atoms with Crippen molar-refractivity contribution in [1.82, 2.24) is 9.97 Å². The summed E-state index contributed by atoms with van der Waals surface area (Å²) in [5.74, 6) is 1.52. The molecule has 7 heteroatoms. The third-order valence-corrected chi connectivity index (χ3v) is 5.74. The molecule has 0 amide bonds. The number of hydrogen-bond donors (Lipinski definition) is 1. The number of nitrogens with one attached hydrogen (secondary N) is 1. The summed E-state index contributed by atoms with van der Waals surface area (Å²) in [4.78, 5) is 21.5. The molecule has 1 heterocycles. The molecule has 0 radical (unpaired) electrons. The van der Waals surface area contributed by atoms with Crippen LogP contribution in [-0.4, -0.2) is 43.3 Å². The van der Waals surface area contributed by atoms with Crippen LogP contribution in [0.15, 0.2) is 42.7 Å². The molecule has 1 aliphatic carbocycles. The molecular weight excluding hydrogens is 382 g/mol. The number of ether oxygens (including phenoxy) is 3. The van der Waals surface area contributed by atoms with Crippen molar-refractivity contribution in [3.63, 3.8) is 0 Å². The lowest BCUT2D eigenvalue weighted by Gasteiger charge is -2.31. The maximum absolute atomic E-state index is 12.7. The summed E-state index contributed by atoms with van der Waals surface area (Å²) in [5, 5.41) is 4.09. The van der Waals surface area contributed by atoms with Gasteiger partial charge < -0.3 is 19.5 Å². The molecule has 0 saturated carbocycles. The first-order valence-electron chi connectivity index (χ1n) is 9.92. The van der Waals surface area contributed by atoms with Crippen LogP contribution in [0.5, 0.6) is 11.5 Å². The fourth-order valence-corrected chi connectivity index (χ4v) is 4.15. The van der Waals surface area contributed by atoms with E-state index in [1.165, 1.54) is 24.6 Å². The minimum absolute atomic E-state index is 0.0949. The Morgan fingerprint density at radius 3 is 2.53 bits per heavy atom. The minimum atomic E-state index is -0.519. The first kappa shape index (κ1) is 19.9. The summed E-state index contributed by atoms with van der Waals surface area (Å²) < 4.78 is 15.9. The molecule has 2 atom stereocenters. The van der Waals surface area contributed by atoms with E-state index in [1.807, 2.05) is 12.1 Å². The lowest BCUT2D eigenvalue weighted by molar-refractivity contribution is -0.142. The van der Waals surface area contributed by atoms with Gasteiger partial charge >= 0.3 is 5.97 Å². The Balaban J connectivity index is 1.69. The van der Waals surface area contributed by atoms with Gasteiger partial charge in [-0.1, -0.05) is 24.3 Å². The summed E-state index contributed by atoms with van der Waals surface area (Å²) >= 11 is 0. The third-order valence-electron chi connectivity index (χ3n) is 5.74. The Kier molecular flexibility index (Phi) is 5.70. The van der Waals surface area contributed by atoms with E-state index in [0.717, 1.165) is 24.6 Å². The highest BCUT2D eigenvalue weighted by atomic mass is 16.5. The number of carbonyl (C=O) groups is 1. The largest absolute Gasteiger partial charge is 0.493 e. The molecule has 0 spiro atoms. The van der Waals surface area contributed by atoms with Crippen LogP contribution in [0.4, 0.5) is 5.82 Å². The molecule has 2 aromatic carbocycles. The summed E-state index contributed by atoms with van der Waals surface area (Å²) in [6.45, 7) is 0. The number of rotatable bonds is 6. The Morgan fingerprint density at radius 1 is 1.07 bits per heavy atom. The van der Waals surface area contributed by atoms with Crippen LogP contribution in [0.1, 0.15) is 17.5 Å². The highest BCUT2D eigenvalue weighted by Crippen LogP contribution is 2.35. The number of benzene rings is 2. The predicted octanol–water partition coefficient (Wildman–Crippen LogP) is 3.41. The van der Waals surface area contributed by atoms with E-state index in [0.29, 0.717) is 22.8 Å². The zero-order valence-corrected chi connectivity index (χ0v) is 17.3. The molecule has 156 valence electrons. The van der Waals surface area contributed by atoms with Crippen LogP contribution in [0.2, 0.25) is 0 Å². The molecule has 7 nitrogen and oxygen atoms in total. The van der Waals surface area contributed by atoms with Gasteiger partial charge in [0.15, 0.2) is 11.5 Å². The number of esters is 1. The smallest absolute Gasteiger partial charge is 0.328 e. The number of nitrogens with zero attached hydrogens (tertiary/aromatic N) is 2. The molecule has 1 N–H and O–H groups in total. The maximum Gasteiger partial charge on any atom is 0.328 e. The molecule has 2 unspecified atom stereocenters. The quantitative estimate of drug-likeness (QED) is 0.627. The second-order valence-electron chi connectivity index (χ2n) is 7.36. The second-order valence-corrected chi connectivity index (χ2v) is 7.36.